The zero-order valence-corrected chi connectivity index (χ0v) is 15.2. The fourth-order valence-electron chi connectivity index (χ4n) is 1.55. The molecule has 0 spiro atoms. The van der Waals surface area contributed by atoms with Crippen LogP contribution in [0.25, 0.3) is 0 Å². The first-order chi connectivity index (χ1) is 10.9. The molecule has 0 rings (SSSR count). The van der Waals surface area contributed by atoms with E-state index in [4.69, 9.17) is 18.3 Å². The fourth-order valence-corrected chi connectivity index (χ4v) is 2.90. The molecule has 0 saturated heterocycles. The summed E-state index contributed by atoms with van der Waals surface area (Å²) in [4.78, 5) is 21.7. The quantitative estimate of drug-likeness (QED) is 0.209. The second kappa shape index (κ2) is 13.0. The SMILES string of the molecule is C=CC(=O)OCCCCO[Si](C)(C)OCCCCOC(=O)C=C. The van der Waals surface area contributed by atoms with Crippen LogP contribution in [0.5, 0.6) is 0 Å². The van der Waals surface area contributed by atoms with Gasteiger partial charge in [-0.05, 0) is 38.8 Å². The minimum atomic E-state index is -2.13. The summed E-state index contributed by atoms with van der Waals surface area (Å²) in [5, 5.41) is 0. The maximum absolute atomic E-state index is 10.8. The molecule has 7 heteroatoms. The van der Waals surface area contributed by atoms with Gasteiger partial charge in [-0.2, -0.15) is 0 Å². The Bertz CT molecular complexity index is 347. The van der Waals surface area contributed by atoms with Gasteiger partial charge in [-0.15, -0.1) is 0 Å². The van der Waals surface area contributed by atoms with E-state index in [1.165, 1.54) is 0 Å². The topological polar surface area (TPSA) is 71.1 Å². The Kier molecular flexibility index (Phi) is 12.2. The molecule has 0 radical (unpaired) electrons. The van der Waals surface area contributed by atoms with Gasteiger partial charge in [-0.3, -0.25) is 0 Å². The van der Waals surface area contributed by atoms with Crippen LogP contribution in [0.1, 0.15) is 25.7 Å². The van der Waals surface area contributed by atoms with E-state index in [1.54, 1.807) is 0 Å². The van der Waals surface area contributed by atoms with E-state index in [0.717, 1.165) is 37.8 Å². The lowest BCUT2D eigenvalue weighted by Gasteiger charge is -2.22. The lowest BCUT2D eigenvalue weighted by atomic mass is 10.3. The highest BCUT2D eigenvalue weighted by Gasteiger charge is 2.23. The minimum Gasteiger partial charge on any atom is -0.463 e. The molecular weight excluding hydrogens is 316 g/mol. The van der Waals surface area contributed by atoms with Gasteiger partial charge in [0.1, 0.15) is 0 Å². The van der Waals surface area contributed by atoms with Crippen molar-refractivity contribution < 1.29 is 27.9 Å². The normalized spacial score (nSPS) is 10.9. The molecule has 0 aromatic carbocycles. The molecule has 0 aromatic heterocycles. The van der Waals surface area contributed by atoms with E-state index in [1.807, 2.05) is 13.1 Å². The number of ether oxygens (including phenoxy) is 2. The Balaban J connectivity index is 3.53. The smallest absolute Gasteiger partial charge is 0.331 e. The van der Waals surface area contributed by atoms with E-state index in [9.17, 15) is 9.59 Å². The summed E-state index contributed by atoms with van der Waals surface area (Å²) >= 11 is 0. The highest BCUT2D eigenvalue weighted by atomic mass is 28.4. The number of hydrogen-bond donors (Lipinski definition) is 0. The van der Waals surface area contributed by atoms with Crippen LogP contribution in [0, 0.1) is 0 Å². The number of hydrogen-bond acceptors (Lipinski definition) is 6. The Morgan fingerprint density at radius 2 is 1.13 bits per heavy atom. The van der Waals surface area contributed by atoms with E-state index >= 15 is 0 Å². The van der Waals surface area contributed by atoms with Crippen molar-refractivity contribution >= 4 is 20.5 Å². The van der Waals surface area contributed by atoms with Crippen LogP contribution in [-0.4, -0.2) is 46.9 Å². The van der Waals surface area contributed by atoms with Crippen molar-refractivity contribution in [2.75, 3.05) is 26.4 Å². The van der Waals surface area contributed by atoms with E-state index < -0.39 is 20.5 Å². The van der Waals surface area contributed by atoms with Crippen molar-refractivity contribution in [3.63, 3.8) is 0 Å². The molecule has 0 aliphatic heterocycles. The summed E-state index contributed by atoms with van der Waals surface area (Å²) in [6, 6.07) is 0. The molecule has 0 heterocycles. The third-order valence-electron chi connectivity index (χ3n) is 2.80. The number of unbranched alkanes of at least 4 members (excludes halogenated alkanes) is 2. The lowest BCUT2D eigenvalue weighted by Crippen LogP contribution is -2.35. The van der Waals surface area contributed by atoms with Gasteiger partial charge in [-0.1, -0.05) is 13.2 Å². The van der Waals surface area contributed by atoms with Gasteiger partial charge in [0.25, 0.3) is 0 Å². The van der Waals surface area contributed by atoms with Crippen molar-refractivity contribution in [3.05, 3.63) is 25.3 Å². The highest BCUT2D eigenvalue weighted by Crippen LogP contribution is 2.09. The van der Waals surface area contributed by atoms with Gasteiger partial charge in [0, 0.05) is 25.4 Å². The Morgan fingerprint density at radius 3 is 1.48 bits per heavy atom. The lowest BCUT2D eigenvalue weighted by molar-refractivity contribution is -0.138. The third-order valence-corrected chi connectivity index (χ3v) is 4.60. The average molecular weight is 344 g/mol. The molecule has 0 bridgehead atoms. The molecule has 0 aromatic rings. The van der Waals surface area contributed by atoms with Gasteiger partial charge < -0.3 is 18.3 Å². The fraction of sp³-hybridized carbons (Fsp3) is 0.625. The Labute approximate surface area is 139 Å². The van der Waals surface area contributed by atoms with Crippen LogP contribution in [-0.2, 0) is 27.9 Å². The molecule has 0 unspecified atom stereocenters. The van der Waals surface area contributed by atoms with Gasteiger partial charge in [0.15, 0.2) is 0 Å². The number of carbonyl (C=O) groups is 2. The zero-order valence-electron chi connectivity index (χ0n) is 14.2. The van der Waals surface area contributed by atoms with Gasteiger partial charge in [0.2, 0.25) is 0 Å². The maximum atomic E-state index is 10.8. The second-order valence-electron chi connectivity index (χ2n) is 5.25. The number of carbonyl (C=O) groups excluding carboxylic acids is 2. The standard InChI is InChI=1S/C16H28O6Si/c1-5-15(17)19-11-7-9-13-21-23(3,4)22-14-10-8-12-20-16(18)6-2/h5-6H,1-2,7-14H2,3-4H3. The molecule has 0 atom stereocenters. The van der Waals surface area contributed by atoms with Crippen LogP contribution < -0.4 is 0 Å². The molecule has 0 aliphatic carbocycles. The number of esters is 2. The monoisotopic (exact) mass is 344 g/mol. The largest absolute Gasteiger partial charge is 0.463 e. The molecular formula is C16H28O6Si. The zero-order chi connectivity index (χ0) is 17.6. The van der Waals surface area contributed by atoms with E-state index in [-0.39, 0.29) is 0 Å². The predicted octanol–water partition coefficient (Wildman–Crippen LogP) is 2.74. The first kappa shape index (κ1) is 21.6. The third kappa shape index (κ3) is 13.9. The van der Waals surface area contributed by atoms with Crippen LogP contribution >= 0.6 is 0 Å². The summed E-state index contributed by atoms with van der Waals surface area (Å²) in [5.74, 6) is -0.801. The van der Waals surface area contributed by atoms with Crippen molar-refractivity contribution in [2.45, 2.75) is 38.8 Å². The summed E-state index contributed by atoms with van der Waals surface area (Å²) in [6.07, 6.45) is 5.41. The Hall–Kier alpha value is -1.44. The number of rotatable bonds is 14. The summed E-state index contributed by atoms with van der Waals surface area (Å²) in [7, 11) is -2.13. The Morgan fingerprint density at radius 1 is 0.783 bits per heavy atom. The summed E-state index contributed by atoms with van der Waals surface area (Å²) < 4.78 is 21.3. The predicted molar refractivity (Wildman–Crippen MR) is 90.2 cm³/mol. The van der Waals surface area contributed by atoms with Crippen molar-refractivity contribution in [3.8, 4) is 0 Å². The van der Waals surface area contributed by atoms with Crippen molar-refractivity contribution in [1.82, 2.24) is 0 Å². The van der Waals surface area contributed by atoms with Crippen LogP contribution in [0.3, 0.4) is 0 Å². The van der Waals surface area contributed by atoms with Gasteiger partial charge in [0.05, 0.1) is 13.2 Å². The molecule has 0 N–H and O–H groups in total. The van der Waals surface area contributed by atoms with Crippen LogP contribution in [0.4, 0.5) is 0 Å². The average Bonchev–Trinajstić information content (AvgIpc) is 2.53. The van der Waals surface area contributed by atoms with E-state index in [2.05, 4.69) is 13.2 Å². The molecule has 0 saturated carbocycles. The van der Waals surface area contributed by atoms with Crippen LogP contribution in [0.15, 0.2) is 25.3 Å². The summed E-state index contributed by atoms with van der Waals surface area (Å²) in [5.41, 5.74) is 0. The molecule has 0 amide bonds. The minimum absolute atomic E-state index is 0.375. The molecule has 0 aliphatic rings. The first-order valence-electron chi connectivity index (χ1n) is 7.77. The first-order valence-corrected chi connectivity index (χ1v) is 10.6. The van der Waals surface area contributed by atoms with Crippen molar-refractivity contribution in [2.24, 2.45) is 0 Å². The second-order valence-corrected chi connectivity index (χ2v) is 8.63. The highest BCUT2D eigenvalue weighted by molar-refractivity contribution is 6.64. The van der Waals surface area contributed by atoms with Crippen LogP contribution in [0.2, 0.25) is 13.1 Å². The molecule has 132 valence electrons. The summed E-state index contributed by atoms with van der Waals surface area (Å²) in [6.45, 7) is 12.6. The molecule has 0 fully saturated rings. The maximum Gasteiger partial charge on any atom is 0.331 e. The molecule has 23 heavy (non-hydrogen) atoms. The van der Waals surface area contributed by atoms with E-state index in [0.29, 0.717) is 26.4 Å². The molecule has 6 nitrogen and oxygen atoms in total. The van der Waals surface area contributed by atoms with Crippen molar-refractivity contribution in [1.29, 1.82) is 0 Å². The van der Waals surface area contributed by atoms with Gasteiger partial charge in [-0.25, -0.2) is 9.59 Å². The van der Waals surface area contributed by atoms with Gasteiger partial charge >= 0.3 is 20.5 Å².